The van der Waals surface area contributed by atoms with E-state index in [9.17, 15) is 0 Å². The van der Waals surface area contributed by atoms with Gasteiger partial charge in [-0.1, -0.05) is 0 Å². The summed E-state index contributed by atoms with van der Waals surface area (Å²) in [6, 6.07) is 9.84. The maximum atomic E-state index is 5.80. The van der Waals surface area contributed by atoms with E-state index < -0.39 is 0 Å². The van der Waals surface area contributed by atoms with Gasteiger partial charge < -0.3 is 20.1 Å². The lowest BCUT2D eigenvalue weighted by atomic mass is 9.97. The van der Waals surface area contributed by atoms with Gasteiger partial charge in [-0.25, -0.2) is 9.97 Å². The molecular formula is C19H26N4O2. The van der Waals surface area contributed by atoms with E-state index in [1.807, 2.05) is 30.3 Å². The number of hydrogen-bond donors (Lipinski definition) is 1. The van der Waals surface area contributed by atoms with Crippen LogP contribution in [0.4, 0.5) is 5.82 Å². The van der Waals surface area contributed by atoms with E-state index >= 15 is 0 Å². The maximum Gasteiger partial charge on any atom is 0.161 e. The first-order valence-corrected chi connectivity index (χ1v) is 8.70. The number of nitrogens with zero attached hydrogens (tertiary/aromatic N) is 3. The van der Waals surface area contributed by atoms with Crippen molar-refractivity contribution in [3.8, 4) is 17.1 Å². The average molecular weight is 342 g/mol. The number of hydrogen-bond acceptors (Lipinski definition) is 6. The smallest absolute Gasteiger partial charge is 0.161 e. The van der Waals surface area contributed by atoms with Crippen LogP contribution in [0.2, 0.25) is 0 Å². The average Bonchev–Trinajstić information content (AvgIpc) is 2.68. The molecule has 0 aliphatic carbocycles. The van der Waals surface area contributed by atoms with Crippen LogP contribution in [0.5, 0.6) is 5.75 Å². The number of anilines is 1. The first-order chi connectivity index (χ1) is 12.2. The Morgan fingerprint density at radius 3 is 2.44 bits per heavy atom. The third kappa shape index (κ3) is 4.27. The summed E-state index contributed by atoms with van der Waals surface area (Å²) in [5.41, 5.74) is 7.66. The molecule has 0 bridgehead atoms. The molecule has 0 unspecified atom stereocenters. The van der Waals surface area contributed by atoms with Gasteiger partial charge in [0.15, 0.2) is 5.82 Å². The summed E-state index contributed by atoms with van der Waals surface area (Å²) in [6.45, 7) is 3.20. The molecule has 0 saturated carbocycles. The normalized spacial score (nSPS) is 15.4. The number of ether oxygens (including phenoxy) is 2. The van der Waals surface area contributed by atoms with Crippen LogP contribution < -0.4 is 15.4 Å². The highest BCUT2D eigenvalue weighted by Gasteiger charge is 2.20. The van der Waals surface area contributed by atoms with Crippen LogP contribution in [0.25, 0.3) is 11.4 Å². The van der Waals surface area contributed by atoms with Gasteiger partial charge in [0.05, 0.1) is 19.4 Å². The molecule has 0 atom stereocenters. The molecule has 0 spiro atoms. The van der Waals surface area contributed by atoms with E-state index in [1.54, 1.807) is 14.2 Å². The van der Waals surface area contributed by atoms with Gasteiger partial charge in [-0.05, 0) is 49.6 Å². The first kappa shape index (κ1) is 17.6. The molecule has 1 aliphatic heterocycles. The predicted molar refractivity (Wildman–Crippen MR) is 98.7 cm³/mol. The lowest BCUT2D eigenvalue weighted by Crippen LogP contribution is -2.36. The van der Waals surface area contributed by atoms with Crippen LogP contribution in [0.3, 0.4) is 0 Å². The number of rotatable bonds is 6. The fraction of sp³-hybridized carbons (Fsp3) is 0.474. The molecule has 2 aromatic rings. The van der Waals surface area contributed by atoms with Crippen LogP contribution in [0.15, 0.2) is 30.3 Å². The second-order valence-corrected chi connectivity index (χ2v) is 6.37. The summed E-state index contributed by atoms with van der Waals surface area (Å²) in [5, 5.41) is 0. The minimum Gasteiger partial charge on any atom is -0.497 e. The van der Waals surface area contributed by atoms with Crippen LogP contribution in [0.1, 0.15) is 18.5 Å². The Bertz CT molecular complexity index is 682. The first-order valence-electron chi connectivity index (χ1n) is 8.70. The summed E-state index contributed by atoms with van der Waals surface area (Å²) in [4.78, 5) is 11.8. The lowest BCUT2D eigenvalue weighted by Gasteiger charge is -2.32. The highest BCUT2D eigenvalue weighted by Crippen LogP contribution is 2.26. The van der Waals surface area contributed by atoms with Crippen LogP contribution >= 0.6 is 0 Å². The molecule has 0 amide bonds. The number of benzene rings is 1. The Hall–Kier alpha value is -2.18. The molecule has 1 aliphatic rings. The third-order valence-electron chi connectivity index (χ3n) is 4.68. The number of aromatic nitrogens is 2. The Morgan fingerprint density at radius 2 is 1.84 bits per heavy atom. The summed E-state index contributed by atoms with van der Waals surface area (Å²) in [7, 11) is 3.34. The van der Waals surface area contributed by atoms with E-state index in [2.05, 4.69) is 9.88 Å². The molecule has 6 heteroatoms. The summed E-state index contributed by atoms with van der Waals surface area (Å²) in [6.07, 6.45) is 2.22. The third-order valence-corrected chi connectivity index (χ3v) is 4.68. The van der Waals surface area contributed by atoms with Crippen LogP contribution in [-0.4, -0.2) is 43.8 Å². The van der Waals surface area contributed by atoms with E-state index in [1.165, 1.54) is 0 Å². The van der Waals surface area contributed by atoms with E-state index in [0.29, 0.717) is 18.3 Å². The fourth-order valence-electron chi connectivity index (χ4n) is 3.13. The van der Waals surface area contributed by atoms with Crippen molar-refractivity contribution in [2.75, 3.05) is 38.8 Å². The monoisotopic (exact) mass is 342 g/mol. The van der Waals surface area contributed by atoms with Crippen molar-refractivity contribution >= 4 is 5.82 Å². The quantitative estimate of drug-likeness (QED) is 0.869. The van der Waals surface area contributed by atoms with Crippen molar-refractivity contribution in [2.45, 2.75) is 19.4 Å². The molecular weight excluding hydrogens is 316 g/mol. The summed E-state index contributed by atoms with van der Waals surface area (Å²) in [5.74, 6) is 3.12. The zero-order valence-electron chi connectivity index (χ0n) is 14.9. The van der Waals surface area contributed by atoms with E-state index in [-0.39, 0.29) is 0 Å². The van der Waals surface area contributed by atoms with Gasteiger partial charge in [-0.3, -0.25) is 0 Å². The number of nitrogens with two attached hydrogens (primary N) is 1. The van der Waals surface area contributed by atoms with Gasteiger partial charge in [-0.2, -0.15) is 0 Å². The zero-order chi connectivity index (χ0) is 17.6. The number of piperidine rings is 1. The van der Waals surface area contributed by atoms with E-state index in [4.69, 9.17) is 20.2 Å². The molecule has 1 aromatic heterocycles. The predicted octanol–water partition coefficient (Wildman–Crippen LogP) is 2.47. The second kappa shape index (κ2) is 8.27. The zero-order valence-corrected chi connectivity index (χ0v) is 14.9. The summed E-state index contributed by atoms with van der Waals surface area (Å²) < 4.78 is 10.5. The van der Waals surface area contributed by atoms with Crippen molar-refractivity contribution in [3.63, 3.8) is 0 Å². The molecule has 1 fully saturated rings. The maximum absolute atomic E-state index is 5.80. The Balaban J connectivity index is 1.88. The Morgan fingerprint density at radius 1 is 1.12 bits per heavy atom. The van der Waals surface area contributed by atoms with E-state index in [0.717, 1.165) is 55.3 Å². The minimum absolute atomic E-state index is 0.470. The topological polar surface area (TPSA) is 73.5 Å². The van der Waals surface area contributed by atoms with Crippen molar-refractivity contribution < 1.29 is 9.47 Å². The van der Waals surface area contributed by atoms with Crippen molar-refractivity contribution in [2.24, 2.45) is 11.7 Å². The molecule has 1 saturated heterocycles. The molecule has 25 heavy (non-hydrogen) atoms. The van der Waals surface area contributed by atoms with Crippen molar-refractivity contribution in [1.29, 1.82) is 0 Å². The van der Waals surface area contributed by atoms with Gasteiger partial charge in [0.25, 0.3) is 0 Å². The molecule has 3 rings (SSSR count). The Labute approximate surface area is 149 Å². The lowest BCUT2D eigenvalue weighted by molar-refractivity contribution is 0.181. The molecule has 2 heterocycles. The SMILES string of the molecule is COCc1cc(N2CCC(CN)CC2)nc(-c2ccc(OC)cc2)n1. The molecule has 6 nitrogen and oxygen atoms in total. The highest BCUT2D eigenvalue weighted by molar-refractivity contribution is 5.59. The summed E-state index contributed by atoms with van der Waals surface area (Å²) >= 11 is 0. The fourth-order valence-corrected chi connectivity index (χ4v) is 3.13. The highest BCUT2D eigenvalue weighted by atomic mass is 16.5. The minimum atomic E-state index is 0.470. The standard InChI is InChI=1S/C19H26N4O2/c1-24-13-16-11-18(23-9-7-14(12-20)8-10-23)22-19(21-16)15-3-5-17(25-2)6-4-15/h3-6,11,14H,7-10,12-13,20H2,1-2H3. The molecule has 1 aromatic carbocycles. The van der Waals surface area contributed by atoms with Gasteiger partial charge in [0.2, 0.25) is 0 Å². The molecule has 2 N–H and O–H groups in total. The number of methoxy groups -OCH3 is 2. The van der Waals surface area contributed by atoms with Gasteiger partial charge >= 0.3 is 0 Å². The second-order valence-electron chi connectivity index (χ2n) is 6.37. The van der Waals surface area contributed by atoms with Crippen molar-refractivity contribution in [3.05, 3.63) is 36.0 Å². The van der Waals surface area contributed by atoms with Gasteiger partial charge in [0, 0.05) is 31.8 Å². The molecule has 134 valence electrons. The van der Waals surface area contributed by atoms with Crippen LogP contribution in [0, 0.1) is 5.92 Å². The Kier molecular flexibility index (Phi) is 5.83. The van der Waals surface area contributed by atoms with Gasteiger partial charge in [0.1, 0.15) is 11.6 Å². The molecule has 0 radical (unpaired) electrons. The van der Waals surface area contributed by atoms with Crippen molar-refractivity contribution in [1.82, 2.24) is 9.97 Å². The van der Waals surface area contributed by atoms with Crippen LogP contribution in [-0.2, 0) is 11.3 Å². The largest absolute Gasteiger partial charge is 0.497 e. The van der Waals surface area contributed by atoms with Gasteiger partial charge in [-0.15, -0.1) is 0 Å².